The molecule has 25 heavy (non-hydrogen) atoms. The Morgan fingerprint density at radius 2 is 2.08 bits per heavy atom. The topological polar surface area (TPSA) is 42.4 Å². The number of carbonyl (C=O) groups excluding carboxylic acids is 1. The fourth-order valence-corrected chi connectivity index (χ4v) is 2.70. The summed E-state index contributed by atoms with van der Waals surface area (Å²) in [5.74, 6) is -1.60. The van der Waals surface area contributed by atoms with E-state index in [1.54, 1.807) is 36.4 Å². The minimum absolute atomic E-state index is 0.0872. The lowest BCUT2D eigenvalue weighted by Gasteiger charge is -2.32. The minimum Gasteiger partial charge on any atom is -0.372 e. The zero-order chi connectivity index (χ0) is 18.2. The van der Waals surface area contributed by atoms with Crippen LogP contribution in [0.25, 0.3) is 0 Å². The maximum absolute atomic E-state index is 14.5. The first-order valence-electron chi connectivity index (χ1n) is 8.30. The zero-order valence-corrected chi connectivity index (χ0v) is 14.4. The number of benzene rings is 1. The van der Waals surface area contributed by atoms with E-state index in [-0.39, 0.29) is 18.1 Å². The smallest absolute Gasteiger partial charge is 0.249 e. The first kappa shape index (κ1) is 19.0. The fourth-order valence-electron chi connectivity index (χ4n) is 2.70. The number of halogens is 2. The van der Waals surface area contributed by atoms with E-state index >= 15 is 0 Å². The highest BCUT2D eigenvalue weighted by molar-refractivity contribution is 5.78. The molecule has 6 heteroatoms. The molecule has 134 valence electrons. The van der Waals surface area contributed by atoms with Crippen molar-refractivity contribution in [3.05, 3.63) is 65.5 Å². The molecular formula is C19H22F2N2O2. The number of hydrogen-bond acceptors (Lipinski definition) is 3. The monoisotopic (exact) mass is 348 g/mol. The van der Waals surface area contributed by atoms with Gasteiger partial charge in [0, 0.05) is 37.2 Å². The van der Waals surface area contributed by atoms with Crippen LogP contribution in [0.2, 0.25) is 0 Å². The summed E-state index contributed by atoms with van der Waals surface area (Å²) in [5, 5.41) is 0. The van der Waals surface area contributed by atoms with Gasteiger partial charge in [0.1, 0.15) is 18.2 Å². The third kappa shape index (κ3) is 4.82. The summed E-state index contributed by atoms with van der Waals surface area (Å²) in [6.45, 7) is 4.48. The number of ether oxygens (including phenoxy) is 1. The highest BCUT2D eigenvalue weighted by Gasteiger charge is 2.28. The second kappa shape index (κ2) is 9.22. The SMILES string of the molecule is CCCN(C(=O)COCC)C(c1cccnc1)c1ccc(F)cc1F. The molecule has 0 bridgehead atoms. The third-order valence-corrected chi connectivity index (χ3v) is 3.78. The summed E-state index contributed by atoms with van der Waals surface area (Å²) in [5.41, 5.74) is 0.888. The molecular weight excluding hydrogens is 326 g/mol. The predicted molar refractivity (Wildman–Crippen MR) is 90.9 cm³/mol. The van der Waals surface area contributed by atoms with Crippen LogP contribution in [0.5, 0.6) is 0 Å². The minimum atomic E-state index is -0.695. The molecule has 0 radical (unpaired) electrons. The normalized spacial score (nSPS) is 12.0. The molecule has 0 fully saturated rings. The third-order valence-electron chi connectivity index (χ3n) is 3.78. The van der Waals surface area contributed by atoms with Crippen molar-refractivity contribution >= 4 is 5.91 Å². The summed E-state index contributed by atoms with van der Waals surface area (Å²) < 4.78 is 33.0. The molecule has 0 N–H and O–H groups in total. The molecule has 0 aliphatic carbocycles. The molecule has 1 aromatic carbocycles. The highest BCUT2D eigenvalue weighted by Crippen LogP contribution is 2.31. The van der Waals surface area contributed by atoms with Gasteiger partial charge in [-0.15, -0.1) is 0 Å². The largest absolute Gasteiger partial charge is 0.372 e. The molecule has 2 rings (SSSR count). The van der Waals surface area contributed by atoms with Crippen molar-refractivity contribution in [2.45, 2.75) is 26.3 Å². The van der Waals surface area contributed by atoms with Gasteiger partial charge in [0.05, 0.1) is 6.04 Å². The molecule has 0 saturated heterocycles. The van der Waals surface area contributed by atoms with E-state index in [1.807, 2.05) is 6.92 Å². The summed E-state index contributed by atoms with van der Waals surface area (Å²) in [6, 6.07) is 6.20. The van der Waals surface area contributed by atoms with Gasteiger partial charge in [0.15, 0.2) is 0 Å². The number of carbonyl (C=O) groups is 1. The van der Waals surface area contributed by atoms with Crippen molar-refractivity contribution in [3.63, 3.8) is 0 Å². The summed E-state index contributed by atoms with van der Waals surface area (Å²) in [7, 11) is 0. The second-order valence-corrected chi connectivity index (χ2v) is 5.58. The van der Waals surface area contributed by atoms with Crippen LogP contribution in [0.15, 0.2) is 42.7 Å². The highest BCUT2D eigenvalue weighted by atomic mass is 19.1. The Morgan fingerprint density at radius 1 is 1.28 bits per heavy atom. The average molecular weight is 348 g/mol. The van der Waals surface area contributed by atoms with Crippen molar-refractivity contribution < 1.29 is 18.3 Å². The van der Waals surface area contributed by atoms with Gasteiger partial charge < -0.3 is 9.64 Å². The lowest BCUT2D eigenvalue weighted by atomic mass is 9.97. The van der Waals surface area contributed by atoms with Crippen LogP contribution in [-0.4, -0.2) is 35.5 Å². The van der Waals surface area contributed by atoms with Crippen LogP contribution in [0.4, 0.5) is 8.78 Å². The summed E-state index contributed by atoms with van der Waals surface area (Å²) in [6.07, 6.45) is 3.88. The fraction of sp³-hybridized carbons (Fsp3) is 0.368. The van der Waals surface area contributed by atoms with Crippen LogP contribution in [0.3, 0.4) is 0 Å². The molecule has 0 aliphatic rings. The number of pyridine rings is 1. The van der Waals surface area contributed by atoms with Crippen molar-refractivity contribution in [2.75, 3.05) is 19.8 Å². The van der Waals surface area contributed by atoms with Crippen LogP contribution >= 0.6 is 0 Å². The van der Waals surface area contributed by atoms with Gasteiger partial charge in [-0.05, 0) is 31.0 Å². The van der Waals surface area contributed by atoms with Crippen LogP contribution < -0.4 is 0 Å². The first-order valence-corrected chi connectivity index (χ1v) is 8.30. The lowest BCUT2D eigenvalue weighted by molar-refractivity contribution is -0.137. The van der Waals surface area contributed by atoms with E-state index in [1.165, 1.54) is 12.1 Å². The van der Waals surface area contributed by atoms with Crippen molar-refractivity contribution in [1.82, 2.24) is 9.88 Å². The molecule has 2 aromatic rings. The van der Waals surface area contributed by atoms with E-state index < -0.39 is 17.7 Å². The number of amides is 1. The van der Waals surface area contributed by atoms with E-state index in [9.17, 15) is 13.6 Å². The molecule has 0 saturated carbocycles. The molecule has 1 heterocycles. The molecule has 1 amide bonds. The Kier molecular flexibility index (Phi) is 7.01. The molecule has 1 atom stereocenters. The zero-order valence-electron chi connectivity index (χ0n) is 14.4. The van der Waals surface area contributed by atoms with Crippen LogP contribution in [0.1, 0.15) is 37.4 Å². The van der Waals surface area contributed by atoms with Gasteiger partial charge >= 0.3 is 0 Å². The van der Waals surface area contributed by atoms with E-state index in [0.717, 1.165) is 6.07 Å². The lowest BCUT2D eigenvalue weighted by Crippen LogP contribution is -2.39. The Bertz CT molecular complexity index is 695. The quantitative estimate of drug-likeness (QED) is 0.730. The van der Waals surface area contributed by atoms with Crippen molar-refractivity contribution in [1.29, 1.82) is 0 Å². The predicted octanol–water partition coefficient (Wildman–Crippen LogP) is 3.72. The second-order valence-electron chi connectivity index (χ2n) is 5.58. The van der Waals surface area contributed by atoms with E-state index in [4.69, 9.17) is 4.74 Å². The van der Waals surface area contributed by atoms with Gasteiger partial charge in [0.25, 0.3) is 0 Å². The Hall–Kier alpha value is -2.34. The number of nitrogens with zero attached hydrogens (tertiary/aromatic N) is 2. The first-order chi connectivity index (χ1) is 12.1. The Labute approximate surface area is 146 Å². The van der Waals surface area contributed by atoms with Gasteiger partial charge in [-0.3, -0.25) is 9.78 Å². The van der Waals surface area contributed by atoms with E-state index in [2.05, 4.69) is 4.98 Å². The Morgan fingerprint density at radius 3 is 2.68 bits per heavy atom. The summed E-state index contributed by atoms with van der Waals surface area (Å²) >= 11 is 0. The van der Waals surface area contributed by atoms with E-state index in [0.29, 0.717) is 25.1 Å². The van der Waals surface area contributed by atoms with Crippen molar-refractivity contribution in [2.24, 2.45) is 0 Å². The molecule has 1 aromatic heterocycles. The molecule has 1 unspecified atom stereocenters. The Balaban J connectivity index is 2.50. The van der Waals surface area contributed by atoms with Gasteiger partial charge in [-0.2, -0.15) is 0 Å². The van der Waals surface area contributed by atoms with Gasteiger partial charge in [-0.25, -0.2) is 8.78 Å². The summed E-state index contributed by atoms with van der Waals surface area (Å²) in [4.78, 5) is 18.3. The van der Waals surface area contributed by atoms with Crippen molar-refractivity contribution in [3.8, 4) is 0 Å². The van der Waals surface area contributed by atoms with Crippen LogP contribution in [0, 0.1) is 11.6 Å². The number of rotatable bonds is 8. The van der Waals surface area contributed by atoms with Gasteiger partial charge in [-0.1, -0.05) is 19.1 Å². The van der Waals surface area contributed by atoms with Gasteiger partial charge in [0.2, 0.25) is 5.91 Å². The number of aromatic nitrogens is 1. The standard InChI is InChI=1S/C19H22F2N2O2/c1-3-10-23(18(24)13-25-4-2)19(14-6-5-9-22-12-14)16-8-7-15(20)11-17(16)21/h5-9,11-12,19H,3-4,10,13H2,1-2H3. The molecule has 0 aliphatic heterocycles. The van der Waals surface area contributed by atoms with Crippen LogP contribution in [-0.2, 0) is 9.53 Å². The molecule has 0 spiro atoms. The maximum atomic E-state index is 14.5. The average Bonchev–Trinajstić information content (AvgIpc) is 2.61. The number of hydrogen-bond donors (Lipinski definition) is 0. The molecule has 4 nitrogen and oxygen atoms in total. The maximum Gasteiger partial charge on any atom is 0.249 e.